The average molecular weight is 287 g/mol. The van der Waals surface area contributed by atoms with E-state index in [1.165, 1.54) is 7.11 Å². The summed E-state index contributed by atoms with van der Waals surface area (Å²) in [6.45, 7) is 0. The van der Waals surface area contributed by atoms with Crippen molar-refractivity contribution in [3.05, 3.63) is 48.8 Å². The minimum absolute atomic E-state index is 0.307. The van der Waals surface area contributed by atoms with Crippen LogP contribution in [-0.4, -0.2) is 30.7 Å². The van der Waals surface area contributed by atoms with E-state index in [1.807, 2.05) is 59.5 Å². The van der Waals surface area contributed by atoms with Gasteiger partial charge in [0, 0.05) is 19.4 Å². The molecule has 0 radical (unpaired) electrons. The topological polar surface area (TPSA) is 63.6 Å². The fourth-order valence-corrected chi connectivity index (χ4v) is 1.91. The number of methoxy groups -OCH3 is 1. The van der Waals surface area contributed by atoms with Crippen LogP contribution in [0.2, 0.25) is 0 Å². The van der Waals surface area contributed by atoms with E-state index >= 15 is 0 Å². The molecular weight excluding hydrogens is 270 g/mol. The van der Waals surface area contributed by atoms with Crippen molar-refractivity contribution in [1.82, 2.24) is 4.68 Å². The molecule has 0 atom stereocenters. The van der Waals surface area contributed by atoms with Crippen molar-refractivity contribution in [2.75, 3.05) is 24.5 Å². The number of hydrogen-bond acceptors (Lipinski definition) is 4. The zero-order valence-corrected chi connectivity index (χ0v) is 11.9. The van der Waals surface area contributed by atoms with Gasteiger partial charge in [0.1, 0.15) is 6.42 Å². The molecular formula is C15H17N3O3. The molecule has 0 bridgehead atoms. The third-order valence-corrected chi connectivity index (χ3v) is 2.99. The molecule has 0 aliphatic heterocycles. The lowest BCUT2D eigenvalue weighted by Gasteiger charge is -2.23. The number of anilines is 2. The largest absolute Gasteiger partial charge is 0.469 e. The summed E-state index contributed by atoms with van der Waals surface area (Å²) in [7, 11) is 3.13. The molecule has 110 valence electrons. The lowest BCUT2D eigenvalue weighted by Crippen LogP contribution is -2.25. The van der Waals surface area contributed by atoms with Crippen molar-refractivity contribution in [1.29, 1.82) is 0 Å². The first kappa shape index (κ1) is 14.6. The number of amides is 1. The number of nitrogens with zero attached hydrogens (tertiary/aromatic N) is 2. The number of carbonyl (C=O) groups is 2. The lowest BCUT2D eigenvalue weighted by atomic mass is 10.2. The van der Waals surface area contributed by atoms with Gasteiger partial charge in [-0.25, -0.2) is 0 Å². The third-order valence-electron chi connectivity index (χ3n) is 2.99. The molecule has 0 saturated heterocycles. The van der Waals surface area contributed by atoms with E-state index in [0.717, 1.165) is 5.69 Å². The summed E-state index contributed by atoms with van der Waals surface area (Å²) in [4.78, 5) is 22.9. The molecule has 0 saturated carbocycles. The van der Waals surface area contributed by atoms with Gasteiger partial charge in [-0.3, -0.25) is 19.3 Å². The number of esters is 1. The summed E-state index contributed by atoms with van der Waals surface area (Å²) in [5.74, 6) is -0.973. The minimum Gasteiger partial charge on any atom is -0.469 e. The van der Waals surface area contributed by atoms with Gasteiger partial charge in [-0.2, -0.15) is 0 Å². The highest BCUT2D eigenvalue weighted by Crippen LogP contribution is 2.25. The highest BCUT2D eigenvalue weighted by molar-refractivity contribution is 6.03. The van der Waals surface area contributed by atoms with E-state index in [1.54, 1.807) is 6.07 Å². The Bertz CT molecular complexity index is 623. The van der Waals surface area contributed by atoms with Crippen LogP contribution >= 0.6 is 0 Å². The van der Waals surface area contributed by atoms with Crippen LogP contribution in [0, 0.1) is 0 Å². The van der Waals surface area contributed by atoms with Gasteiger partial charge in [-0.15, -0.1) is 0 Å². The molecule has 0 aliphatic rings. The van der Waals surface area contributed by atoms with Crippen LogP contribution in [0.15, 0.2) is 48.8 Å². The second kappa shape index (κ2) is 6.60. The summed E-state index contributed by atoms with van der Waals surface area (Å²) in [6.07, 6.45) is 3.48. The summed E-state index contributed by atoms with van der Waals surface area (Å²) in [6, 6.07) is 11.2. The first-order chi connectivity index (χ1) is 10.1. The Morgan fingerprint density at radius 3 is 2.52 bits per heavy atom. The molecule has 1 aromatic heterocycles. The van der Waals surface area contributed by atoms with Crippen LogP contribution in [0.3, 0.4) is 0 Å². The van der Waals surface area contributed by atoms with Crippen molar-refractivity contribution < 1.29 is 14.3 Å². The fourth-order valence-electron chi connectivity index (χ4n) is 1.91. The Hall–Kier alpha value is -2.76. The second-order valence-electron chi connectivity index (χ2n) is 4.40. The van der Waals surface area contributed by atoms with Crippen LogP contribution in [0.5, 0.6) is 0 Å². The molecule has 6 heteroatoms. The smallest absolute Gasteiger partial charge is 0.315 e. The number of hydrogen-bond donors (Lipinski definition) is 1. The number of carbonyl (C=O) groups excluding carboxylic acids is 2. The number of nitrogens with one attached hydrogen (secondary N) is 1. The number of para-hydroxylation sites is 2. The number of ether oxygens (including phenoxy) is 1. The molecule has 21 heavy (non-hydrogen) atoms. The normalized spacial score (nSPS) is 10.0. The number of aromatic nitrogens is 1. The zero-order chi connectivity index (χ0) is 15.2. The van der Waals surface area contributed by atoms with E-state index in [9.17, 15) is 9.59 Å². The van der Waals surface area contributed by atoms with Crippen LogP contribution in [0.25, 0.3) is 0 Å². The summed E-state index contributed by atoms with van der Waals surface area (Å²) in [5.41, 5.74) is 1.44. The first-order valence-corrected chi connectivity index (χ1v) is 6.44. The van der Waals surface area contributed by atoms with E-state index in [-0.39, 0.29) is 6.42 Å². The summed E-state index contributed by atoms with van der Waals surface area (Å²) >= 11 is 0. The Balaban J connectivity index is 2.17. The average Bonchev–Trinajstić information content (AvgIpc) is 3.01. The van der Waals surface area contributed by atoms with Crippen molar-refractivity contribution in [2.24, 2.45) is 0 Å². The van der Waals surface area contributed by atoms with Crippen molar-refractivity contribution in [3.63, 3.8) is 0 Å². The quantitative estimate of drug-likeness (QED) is 0.674. The Labute approximate surface area is 122 Å². The van der Waals surface area contributed by atoms with Crippen molar-refractivity contribution in [2.45, 2.75) is 6.42 Å². The van der Waals surface area contributed by atoms with E-state index < -0.39 is 11.9 Å². The van der Waals surface area contributed by atoms with Crippen LogP contribution < -0.4 is 10.3 Å². The van der Waals surface area contributed by atoms with E-state index in [0.29, 0.717) is 5.69 Å². The van der Waals surface area contributed by atoms with E-state index in [4.69, 9.17) is 0 Å². The van der Waals surface area contributed by atoms with Gasteiger partial charge in [0.25, 0.3) is 0 Å². The molecule has 0 aliphatic carbocycles. The van der Waals surface area contributed by atoms with Gasteiger partial charge >= 0.3 is 5.97 Å². The monoisotopic (exact) mass is 287 g/mol. The summed E-state index contributed by atoms with van der Waals surface area (Å²) in [5, 5.41) is 4.61. The van der Waals surface area contributed by atoms with Gasteiger partial charge in [0.05, 0.1) is 18.5 Å². The maximum absolute atomic E-state index is 11.8. The van der Waals surface area contributed by atoms with Gasteiger partial charge in [-0.1, -0.05) is 12.1 Å². The SMILES string of the molecule is COC(=O)CC(=O)Nc1ccccc1N(C)n1cccc1. The van der Waals surface area contributed by atoms with Crippen LogP contribution in [-0.2, 0) is 14.3 Å². The zero-order valence-electron chi connectivity index (χ0n) is 11.9. The summed E-state index contributed by atoms with van der Waals surface area (Å²) < 4.78 is 6.36. The lowest BCUT2D eigenvalue weighted by molar-refractivity contribution is -0.142. The van der Waals surface area contributed by atoms with Gasteiger partial charge in [0.15, 0.2) is 0 Å². The molecule has 1 heterocycles. The Kier molecular flexibility index (Phi) is 4.61. The predicted octanol–water partition coefficient (Wildman–Crippen LogP) is 1.89. The molecule has 1 amide bonds. The molecule has 2 rings (SSSR count). The van der Waals surface area contributed by atoms with Crippen LogP contribution in [0.1, 0.15) is 6.42 Å². The Morgan fingerprint density at radius 1 is 1.19 bits per heavy atom. The minimum atomic E-state index is -0.566. The van der Waals surface area contributed by atoms with Gasteiger partial charge < -0.3 is 10.1 Å². The van der Waals surface area contributed by atoms with E-state index in [2.05, 4.69) is 10.1 Å². The van der Waals surface area contributed by atoms with Gasteiger partial charge in [-0.05, 0) is 24.3 Å². The number of benzene rings is 1. The maximum Gasteiger partial charge on any atom is 0.315 e. The molecule has 0 fully saturated rings. The fraction of sp³-hybridized carbons (Fsp3) is 0.200. The number of rotatable bonds is 5. The predicted molar refractivity (Wildman–Crippen MR) is 79.9 cm³/mol. The first-order valence-electron chi connectivity index (χ1n) is 6.44. The Morgan fingerprint density at radius 2 is 1.86 bits per heavy atom. The second-order valence-corrected chi connectivity index (χ2v) is 4.40. The standard InChI is InChI=1S/C15H17N3O3/c1-17(18-9-5-6-10-18)13-8-4-3-7-12(13)16-14(19)11-15(20)21-2/h3-10H,11H2,1-2H3,(H,16,19). The highest BCUT2D eigenvalue weighted by Gasteiger charge is 2.13. The van der Waals surface area contributed by atoms with Crippen LogP contribution in [0.4, 0.5) is 11.4 Å². The van der Waals surface area contributed by atoms with Crippen molar-refractivity contribution in [3.8, 4) is 0 Å². The molecule has 0 spiro atoms. The molecule has 1 aromatic carbocycles. The molecule has 1 N–H and O–H groups in total. The maximum atomic E-state index is 11.8. The van der Waals surface area contributed by atoms with Crippen molar-refractivity contribution >= 4 is 23.3 Å². The molecule has 6 nitrogen and oxygen atoms in total. The third kappa shape index (κ3) is 3.62. The molecule has 2 aromatic rings. The highest BCUT2D eigenvalue weighted by atomic mass is 16.5. The van der Waals surface area contributed by atoms with Gasteiger partial charge in [0.2, 0.25) is 5.91 Å². The molecule has 0 unspecified atom stereocenters.